The van der Waals surface area contributed by atoms with E-state index in [-0.39, 0.29) is 5.91 Å². The molecule has 3 rings (SSSR count). The molecule has 5 heteroatoms. The van der Waals surface area contributed by atoms with Crippen LogP contribution in [0.2, 0.25) is 0 Å². The van der Waals surface area contributed by atoms with Crippen LogP contribution in [0.25, 0.3) is 16.8 Å². The summed E-state index contributed by atoms with van der Waals surface area (Å²) >= 11 is 0. The second-order valence-electron chi connectivity index (χ2n) is 5.57. The molecule has 1 aliphatic rings. The summed E-state index contributed by atoms with van der Waals surface area (Å²) in [7, 11) is 0. The normalized spacial score (nSPS) is 15.6. The maximum absolute atomic E-state index is 12.3. The second-order valence-corrected chi connectivity index (χ2v) is 5.57. The number of amides is 1. The first-order chi connectivity index (χ1) is 12.6. The van der Waals surface area contributed by atoms with Crippen molar-refractivity contribution in [2.45, 2.75) is 40.8 Å². The number of allylic oxidation sites excluding steroid dienone is 3. The minimum Gasteiger partial charge on any atom is -0.308 e. The van der Waals surface area contributed by atoms with Gasteiger partial charge < -0.3 is 4.90 Å². The number of aromatic nitrogens is 3. The molecule has 136 valence electrons. The van der Waals surface area contributed by atoms with E-state index in [1.54, 1.807) is 24.0 Å². The van der Waals surface area contributed by atoms with Crippen LogP contribution >= 0.6 is 0 Å². The number of carbonyl (C=O) groups excluding carboxylic acids is 1. The average Bonchev–Trinajstić information content (AvgIpc) is 3.08. The van der Waals surface area contributed by atoms with Gasteiger partial charge in [-0.1, -0.05) is 62.6 Å². The first-order valence-corrected chi connectivity index (χ1v) is 8.91. The van der Waals surface area contributed by atoms with E-state index in [2.05, 4.69) is 23.5 Å². The van der Waals surface area contributed by atoms with E-state index < -0.39 is 0 Å². The van der Waals surface area contributed by atoms with Crippen molar-refractivity contribution >= 4 is 11.5 Å². The van der Waals surface area contributed by atoms with Crippen LogP contribution in [0.15, 0.2) is 55.3 Å². The third kappa shape index (κ3) is 3.25. The summed E-state index contributed by atoms with van der Waals surface area (Å²) in [6.45, 7) is 16.6. The molecule has 0 bridgehead atoms. The Hall–Kier alpha value is -2.95. The minimum atomic E-state index is -0.0435. The fourth-order valence-electron chi connectivity index (χ4n) is 3.10. The predicted octanol–water partition coefficient (Wildman–Crippen LogP) is 4.44. The standard InChI is InChI=1S/C19H20N4O.C2H6/c1-5-15-17(6-2)22(13(4)24)12-14-10-8-9-11-16(14)18-19(15)23(7-3)21-20-18;1-2/h5-6,8-11H,1-2,7,12H2,3-4H3;1-2H3/b17-15-;. The lowest BCUT2D eigenvalue weighted by molar-refractivity contribution is -0.127. The van der Waals surface area contributed by atoms with Gasteiger partial charge >= 0.3 is 0 Å². The summed E-state index contributed by atoms with van der Waals surface area (Å²) in [5.41, 5.74) is 5.23. The average molecular weight is 350 g/mol. The Morgan fingerprint density at radius 1 is 1.23 bits per heavy atom. The maximum Gasteiger partial charge on any atom is 0.224 e. The number of hydrogen-bond donors (Lipinski definition) is 0. The molecule has 0 saturated heterocycles. The third-order valence-corrected chi connectivity index (χ3v) is 4.24. The van der Waals surface area contributed by atoms with Gasteiger partial charge in [-0.15, -0.1) is 5.10 Å². The monoisotopic (exact) mass is 350 g/mol. The molecule has 0 atom stereocenters. The van der Waals surface area contributed by atoms with Crippen LogP contribution in [-0.4, -0.2) is 25.8 Å². The van der Waals surface area contributed by atoms with E-state index >= 15 is 0 Å². The van der Waals surface area contributed by atoms with Gasteiger partial charge in [0.15, 0.2) is 0 Å². The molecule has 1 aromatic heterocycles. The first-order valence-electron chi connectivity index (χ1n) is 8.91. The van der Waals surface area contributed by atoms with Crippen LogP contribution in [0.3, 0.4) is 0 Å². The van der Waals surface area contributed by atoms with Crippen molar-refractivity contribution in [2.75, 3.05) is 0 Å². The zero-order chi connectivity index (χ0) is 19.3. The molecule has 0 saturated carbocycles. The Kier molecular flexibility index (Phi) is 6.28. The summed E-state index contributed by atoms with van der Waals surface area (Å²) in [5.74, 6) is -0.0435. The fourth-order valence-corrected chi connectivity index (χ4v) is 3.10. The summed E-state index contributed by atoms with van der Waals surface area (Å²) < 4.78 is 1.83. The molecule has 0 unspecified atom stereocenters. The molecule has 5 nitrogen and oxygen atoms in total. The summed E-state index contributed by atoms with van der Waals surface area (Å²) in [6, 6.07) is 7.97. The zero-order valence-corrected chi connectivity index (χ0v) is 16.0. The molecule has 1 aliphatic heterocycles. The van der Waals surface area contributed by atoms with Crippen LogP contribution in [0.5, 0.6) is 0 Å². The molecule has 0 spiro atoms. The Bertz CT molecular complexity index is 861. The molecule has 0 fully saturated rings. The van der Waals surface area contributed by atoms with Gasteiger partial charge in [0.05, 0.1) is 17.9 Å². The van der Waals surface area contributed by atoms with Gasteiger partial charge in [-0.05, 0) is 18.6 Å². The van der Waals surface area contributed by atoms with Crippen molar-refractivity contribution < 1.29 is 4.79 Å². The van der Waals surface area contributed by atoms with Gasteiger partial charge in [0, 0.05) is 24.6 Å². The number of benzene rings is 1. The van der Waals surface area contributed by atoms with Crippen LogP contribution in [0, 0.1) is 0 Å². The van der Waals surface area contributed by atoms with Gasteiger partial charge in [-0.3, -0.25) is 4.79 Å². The first kappa shape index (κ1) is 19.4. The number of rotatable bonds is 3. The maximum atomic E-state index is 12.3. The zero-order valence-electron chi connectivity index (χ0n) is 16.0. The van der Waals surface area contributed by atoms with Crippen molar-refractivity contribution in [3.8, 4) is 11.3 Å². The lowest BCUT2D eigenvalue weighted by atomic mass is 9.95. The number of fused-ring (bicyclic) bond motifs is 3. The molecular weight excluding hydrogens is 324 g/mol. The molecule has 2 aromatic rings. The van der Waals surface area contributed by atoms with Crippen LogP contribution in [-0.2, 0) is 17.9 Å². The molecule has 1 aromatic carbocycles. The SMILES string of the molecule is C=C/C1=C(\C=C)N(C(C)=O)Cc2ccccc2-c2nnn(CC)c21.CC. The Balaban J connectivity index is 0.00000117. The molecule has 0 N–H and O–H groups in total. The molecule has 2 heterocycles. The molecule has 0 radical (unpaired) electrons. The van der Waals surface area contributed by atoms with Crippen molar-refractivity contribution in [1.82, 2.24) is 19.9 Å². The molecular formula is C21H26N4O. The Labute approximate surface area is 155 Å². The Morgan fingerprint density at radius 2 is 1.92 bits per heavy atom. The molecule has 1 amide bonds. The molecule has 26 heavy (non-hydrogen) atoms. The van der Waals surface area contributed by atoms with Crippen molar-refractivity contribution in [2.24, 2.45) is 0 Å². The summed E-state index contributed by atoms with van der Waals surface area (Å²) in [4.78, 5) is 14.0. The van der Waals surface area contributed by atoms with E-state index in [1.807, 2.05) is 49.7 Å². The second kappa shape index (κ2) is 8.43. The highest BCUT2D eigenvalue weighted by molar-refractivity contribution is 5.89. The molecule has 0 aliphatic carbocycles. The van der Waals surface area contributed by atoms with Crippen molar-refractivity contribution in [3.63, 3.8) is 0 Å². The van der Waals surface area contributed by atoms with Gasteiger partial charge in [-0.2, -0.15) is 0 Å². The smallest absolute Gasteiger partial charge is 0.224 e. The van der Waals surface area contributed by atoms with Crippen LogP contribution < -0.4 is 0 Å². The number of aryl methyl sites for hydroxylation is 1. The Morgan fingerprint density at radius 3 is 2.50 bits per heavy atom. The van der Waals surface area contributed by atoms with Crippen LogP contribution in [0.4, 0.5) is 0 Å². The topological polar surface area (TPSA) is 51.0 Å². The predicted molar refractivity (Wildman–Crippen MR) is 106 cm³/mol. The van der Waals surface area contributed by atoms with Crippen molar-refractivity contribution in [1.29, 1.82) is 0 Å². The van der Waals surface area contributed by atoms with E-state index in [1.165, 1.54) is 0 Å². The van der Waals surface area contributed by atoms with Gasteiger partial charge in [0.25, 0.3) is 0 Å². The quantitative estimate of drug-likeness (QED) is 0.822. The summed E-state index contributed by atoms with van der Waals surface area (Å²) in [6.07, 6.45) is 3.44. The lowest BCUT2D eigenvalue weighted by Gasteiger charge is -2.28. The van der Waals surface area contributed by atoms with E-state index in [0.29, 0.717) is 13.1 Å². The summed E-state index contributed by atoms with van der Waals surface area (Å²) in [5, 5.41) is 8.68. The largest absolute Gasteiger partial charge is 0.308 e. The highest BCUT2D eigenvalue weighted by Crippen LogP contribution is 2.36. The third-order valence-electron chi connectivity index (χ3n) is 4.24. The van der Waals surface area contributed by atoms with Gasteiger partial charge in [0.1, 0.15) is 5.69 Å². The van der Waals surface area contributed by atoms with E-state index in [4.69, 9.17) is 0 Å². The highest BCUT2D eigenvalue weighted by Gasteiger charge is 2.27. The number of hydrogen-bond acceptors (Lipinski definition) is 3. The lowest BCUT2D eigenvalue weighted by Crippen LogP contribution is -2.29. The van der Waals surface area contributed by atoms with Gasteiger partial charge in [-0.25, -0.2) is 4.68 Å². The minimum absolute atomic E-state index is 0.0435. The fraction of sp³-hybridized carbons (Fsp3) is 0.286. The van der Waals surface area contributed by atoms with Gasteiger partial charge in [0.2, 0.25) is 5.91 Å². The number of carbonyl (C=O) groups is 1. The van der Waals surface area contributed by atoms with E-state index in [0.717, 1.165) is 33.8 Å². The van der Waals surface area contributed by atoms with Crippen LogP contribution in [0.1, 0.15) is 39.0 Å². The van der Waals surface area contributed by atoms with Crippen molar-refractivity contribution in [3.05, 3.63) is 66.5 Å². The van der Waals surface area contributed by atoms with E-state index in [9.17, 15) is 4.79 Å². The highest BCUT2D eigenvalue weighted by atomic mass is 16.2. The number of nitrogens with zero attached hydrogens (tertiary/aromatic N) is 4.